The Hall–Kier alpha value is -1.17. The first-order valence-corrected chi connectivity index (χ1v) is 4.96. The van der Waals surface area contributed by atoms with Crippen LogP contribution in [0.15, 0.2) is 18.2 Å². The Balaban J connectivity index is 2.70. The molecule has 2 nitrogen and oxygen atoms in total. The Bertz CT molecular complexity index is 408. The van der Waals surface area contributed by atoms with E-state index in [0.717, 1.165) is 0 Å². The minimum atomic E-state index is -0.494. The van der Waals surface area contributed by atoms with E-state index >= 15 is 0 Å². The van der Waals surface area contributed by atoms with E-state index in [1.165, 1.54) is 12.1 Å². The van der Waals surface area contributed by atoms with E-state index in [9.17, 15) is 4.79 Å². The van der Waals surface area contributed by atoms with Crippen LogP contribution in [0.1, 0.15) is 16.8 Å². The van der Waals surface area contributed by atoms with Crippen molar-refractivity contribution in [3.8, 4) is 12.3 Å². The second kappa shape index (κ2) is 5.65. The lowest BCUT2D eigenvalue weighted by Crippen LogP contribution is -2.06. The highest BCUT2D eigenvalue weighted by Gasteiger charge is 2.11. The highest BCUT2D eigenvalue weighted by molar-refractivity contribution is 6.36. The molecule has 0 heterocycles. The minimum Gasteiger partial charge on any atom is -0.461 e. The fourth-order valence-electron chi connectivity index (χ4n) is 0.935. The molecule has 0 saturated heterocycles. The summed E-state index contributed by atoms with van der Waals surface area (Å²) in [6.07, 6.45) is 5.40. The van der Waals surface area contributed by atoms with Gasteiger partial charge in [0.15, 0.2) is 0 Å². The van der Waals surface area contributed by atoms with Crippen LogP contribution in [-0.2, 0) is 4.74 Å². The second-order valence-corrected chi connectivity index (χ2v) is 3.56. The topological polar surface area (TPSA) is 26.3 Å². The van der Waals surface area contributed by atoms with Gasteiger partial charge in [-0.05, 0) is 18.2 Å². The normalized spacial score (nSPS) is 9.40. The molecule has 0 aliphatic rings. The lowest BCUT2D eigenvalue weighted by atomic mass is 10.2. The SMILES string of the molecule is C#CCCOC(=O)c1ccc(Cl)cc1Cl. The number of halogens is 2. The molecule has 0 amide bonds. The number of carbonyl (C=O) groups is 1. The van der Waals surface area contributed by atoms with Crippen molar-refractivity contribution in [3.05, 3.63) is 33.8 Å². The zero-order chi connectivity index (χ0) is 11.3. The van der Waals surface area contributed by atoms with E-state index in [1.807, 2.05) is 0 Å². The number of esters is 1. The van der Waals surface area contributed by atoms with Gasteiger partial charge in [0.05, 0.1) is 10.6 Å². The lowest BCUT2D eigenvalue weighted by molar-refractivity contribution is 0.0514. The highest BCUT2D eigenvalue weighted by atomic mass is 35.5. The average molecular weight is 243 g/mol. The van der Waals surface area contributed by atoms with Gasteiger partial charge < -0.3 is 4.74 Å². The van der Waals surface area contributed by atoms with Crippen LogP contribution in [-0.4, -0.2) is 12.6 Å². The van der Waals surface area contributed by atoms with Gasteiger partial charge in [-0.25, -0.2) is 4.79 Å². The van der Waals surface area contributed by atoms with Crippen molar-refractivity contribution in [2.45, 2.75) is 6.42 Å². The maximum atomic E-state index is 11.4. The zero-order valence-corrected chi connectivity index (χ0v) is 9.31. The summed E-state index contributed by atoms with van der Waals surface area (Å²) in [4.78, 5) is 11.4. The fraction of sp³-hybridized carbons (Fsp3) is 0.182. The monoisotopic (exact) mass is 242 g/mol. The molecule has 0 N–H and O–H groups in total. The molecule has 4 heteroatoms. The van der Waals surface area contributed by atoms with E-state index in [-0.39, 0.29) is 17.2 Å². The number of carbonyl (C=O) groups excluding carboxylic acids is 1. The first-order valence-electron chi connectivity index (χ1n) is 4.21. The van der Waals surface area contributed by atoms with E-state index < -0.39 is 5.97 Å². The third-order valence-electron chi connectivity index (χ3n) is 1.63. The maximum Gasteiger partial charge on any atom is 0.339 e. The predicted octanol–water partition coefficient (Wildman–Crippen LogP) is 3.17. The molecular formula is C11H8Cl2O2. The van der Waals surface area contributed by atoms with Crippen molar-refractivity contribution in [2.75, 3.05) is 6.61 Å². The molecule has 0 unspecified atom stereocenters. The van der Waals surface area contributed by atoms with Gasteiger partial charge >= 0.3 is 5.97 Å². The van der Waals surface area contributed by atoms with Crippen LogP contribution in [0.25, 0.3) is 0 Å². The highest BCUT2D eigenvalue weighted by Crippen LogP contribution is 2.21. The molecule has 0 spiro atoms. The number of ether oxygens (including phenoxy) is 1. The first-order chi connectivity index (χ1) is 7.15. The number of terminal acetylenes is 1. The molecular weight excluding hydrogens is 235 g/mol. The van der Waals surface area contributed by atoms with E-state index in [4.69, 9.17) is 34.4 Å². The van der Waals surface area contributed by atoms with Gasteiger partial charge in [0.1, 0.15) is 6.61 Å². The van der Waals surface area contributed by atoms with Crippen molar-refractivity contribution in [1.82, 2.24) is 0 Å². The molecule has 0 saturated carbocycles. The van der Waals surface area contributed by atoms with Crippen LogP contribution in [0.5, 0.6) is 0 Å². The Labute approximate surface area is 98.1 Å². The van der Waals surface area contributed by atoms with Gasteiger partial charge in [-0.2, -0.15) is 0 Å². The van der Waals surface area contributed by atoms with Crippen LogP contribution in [0, 0.1) is 12.3 Å². The number of hydrogen-bond donors (Lipinski definition) is 0. The first kappa shape index (κ1) is 11.9. The summed E-state index contributed by atoms with van der Waals surface area (Å²) in [5, 5.41) is 0.744. The van der Waals surface area contributed by atoms with Gasteiger partial charge in [-0.1, -0.05) is 23.2 Å². The molecule has 0 fully saturated rings. The Morgan fingerprint density at radius 3 is 2.80 bits per heavy atom. The van der Waals surface area contributed by atoms with Crippen LogP contribution >= 0.6 is 23.2 Å². The second-order valence-electron chi connectivity index (χ2n) is 2.71. The molecule has 0 aliphatic heterocycles. The van der Waals surface area contributed by atoms with E-state index in [2.05, 4.69) is 5.92 Å². The summed E-state index contributed by atoms with van der Waals surface area (Å²) in [6.45, 7) is 0.189. The van der Waals surface area contributed by atoms with Gasteiger partial charge in [-0.3, -0.25) is 0 Å². The average Bonchev–Trinajstić information content (AvgIpc) is 2.17. The van der Waals surface area contributed by atoms with E-state index in [0.29, 0.717) is 11.4 Å². The largest absolute Gasteiger partial charge is 0.461 e. The third kappa shape index (κ3) is 3.47. The van der Waals surface area contributed by atoms with Gasteiger partial charge in [0.25, 0.3) is 0 Å². The molecule has 78 valence electrons. The summed E-state index contributed by atoms with van der Waals surface area (Å²) in [7, 11) is 0. The minimum absolute atomic E-state index is 0.189. The lowest BCUT2D eigenvalue weighted by Gasteiger charge is -2.04. The molecule has 1 aromatic rings. The summed E-state index contributed by atoms with van der Waals surface area (Å²) in [5.74, 6) is 1.87. The molecule has 0 bridgehead atoms. The van der Waals surface area contributed by atoms with Crippen LogP contribution < -0.4 is 0 Å². The number of benzene rings is 1. The summed E-state index contributed by atoms with van der Waals surface area (Å²) >= 11 is 11.5. The van der Waals surface area contributed by atoms with Crippen molar-refractivity contribution in [1.29, 1.82) is 0 Å². The van der Waals surface area contributed by atoms with Crippen molar-refractivity contribution >= 4 is 29.2 Å². The molecule has 15 heavy (non-hydrogen) atoms. The Kier molecular flexibility index (Phi) is 4.48. The Morgan fingerprint density at radius 2 is 2.20 bits per heavy atom. The van der Waals surface area contributed by atoms with Gasteiger partial charge in [-0.15, -0.1) is 12.3 Å². The van der Waals surface area contributed by atoms with Gasteiger partial charge in [0.2, 0.25) is 0 Å². The summed E-state index contributed by atoms with van der Waals surface area (Å²) < 4.78 is 4.88. The molecule has 0 aromatic heterocycles. The van der Waals surface area contributed by atoms with Crippen LogP contribution in [0.3, 0.4) is 0 Å². The fourth-order valence-corrected chi connectivity index (χ4v) is 1.42. The smallest absolute Gasteiger partial charge is 0.339 e. The summed E-state index contributed by atoms with van der Waals surface area (Å²) in [5.41, 5.74) is 0.290. The van der Waals surface area contributed by atoms with Crippen molar-refractivity contribution < 1.29 is 9.53 Å². The summed E-state index contributed by atoms with van der Waals surface area (Å²) in [6, 6.07) is 4.58. The molecule has 1 aromatic carbocycles. The maximum absolute atomic E-state index is 11.4. The quantitative estimate of drug-likeness (QED) is 0.463. The number of hydrogen-bond acceptors (Lipinski definition) is 2. The van der Waals surface area contributed by atoms with Crippen LogP contribution in [0.2, 0.25) is 10.0 Å². The third-order valence-corrected chi connectivity index (χ3v) is 2.18. The Morgan fingerprint density at radius 1 is 1.47 bits per heavy atom. The van der Waals surface area contributed by atoms with Gasteiger partial charge in [0, 0.05) is 11.4 Å². The zero-order valence-electron chi connectivity index (χ0n) is 7.80. The molecule has 1 rings (SSSR count). The predicted molar refractivity (Wildman–Crippen MR) is 60.2 cm³/mol. The molecule has 0 radical (unpaired) electrons. The van der Waals surface area contributed by atoms with Crippen LogP contribution in [0.4, 0.5) is 0 Å². The van der Waals surface area contributed by atoms with Crippen molar-refractivity contribution in [2.24, 2.45) is 0 Å². The standard InChI is InChI=1S/C11H8Cl2O2/c1-2-3-6-15-11(14)9-5-4-8(12)7-10(9)13/h1,4-5,7H,3,6H2. The molecule has 0 atom stereocenters. The van der Waals surface area contributed by atoms with E-state index in [1.54, 1.807) is 6.07 Å². The number of rotatable bonds is 3. The molecule has 0 aliphatic carbocycles. The van der Waals surface area contributed by atoms with Crippen molar-refractivity contribution in [3.63, 3.8) is 0 Å².